The smallest absolute Gasteiger partial charge is 0.253 e. The molecule has 8 heteroatoms. The van der Waals surface area contributed by atoms with Crippen LogP contribution < -0.4 is 15.0 Å². The van der Waals surface area contributed by atoms with Gasteiger partial charge in [-0.3, -0.25) is 9.78 Å². The molecule has 1 saturated carbocycles. The Bertz CT molecular complexity index is 1350. The number of nitriles is 1. The molecule has 8 nitrogen and oxygen atoms in total. The molecule has 3 aromatic rings. The zero-order valence-corrected chi connectivity index (χ0v) is 22.4. The van der Waals surface area contributed by atoms with Crippen LogP contribution in [0.1, 0.15) is 56.5 Å². The van der Waals surface area contributed by atoms with Crippen LogP contribution in [-0.2, 0) is 0 Å². The van der Waals surface area contributed by atoms with E-state index in [-0.39, 0.29) is 35.5 Å². The highest BCUT2D eigenvalue weighted by molar-refractivity contribution is 5.94. The number of hydrogen-bond acceptors (Lipinski definition) is 7. The second-order valence-corrected chi connectivity index (χ2v) is 11.7. The Hall–Kier alpha value is -3.70. The van der Waals surface area contributed by atoms with Gasteiger partial charge in [-0.2, -0.15) is 5.26 Å². The highest BCUT2D eigenvalue weighted by Crippen LogP contribution is 2.56. The van der Waals surface area contributed by atoms with Gasteiger partial charge < -0.3 is 20.1 Å². The number of nitrogens with zero attached hydrogens (tertiary/aromatic N) is 4. The summed E-state index contributed by atoms with van der Waals surface area (Å²) in [7, 11) is 0. The summed E-state index contributed by atoms with van der Waals surface area (Å²) in [6.07, 6.45) is 5.05. The molecule has 38 heavy (non-hydrogen) atoms. The summed E-state index contributed by atoms with van der Waals surface area (Å²) in [6, 6.07) is 13.2. The quantitative estimate of drug-likeness (QED) is 0.505. The number of anilines is 1. The Labute approximate surface area is 223 Å². The standard InChI is InChI=1S/C30H35N5O3/c1-29(2)27(34-26(37)21-8-10-24(33-17-21)35-14-11-19(18-36)12-15-35)30(3,4)28(29)38-23-9-7-20(16-31)25-22(23)6-5-13-32-25/h5-10,13,17,19,27-28,36H,11-12,14-15,18H2,1-4H3,(H,34,37). The molecule has 0 bridgehead atoms. The topological polar surface area (TPSA) is 111 Å². The highest BCUT2D eigenvalue weighted by Gasteiger charge is 2.64. The molecule has 1 saturated heterocycles. The van der Waals surface area contributed by atoms with E-state index in [1.165, 1.54) is 0 Å². The molecule has 3 heterocycles. The first-order valence-electron chi connectivity index (χ1n) is 13.2. The zero-order chi connectivity index (χ0) is 27.1. The number of benzene rings is 1. The number of aromatic nitrogens is 2. The highest BCUT2D eigenvalue weighted by atomic mass is 16.5. The predicted octanol–water partition coefficient (Wildman–Crippen LogP) is 4.32. The molecule has 2 aliphatic rings. The summed E-state index contributed by atoms with van der Waals surface area (Å²) >= 11 is 0. The lowest BCUT2D eigenvalue weighted by Gasteiger charge is -2.63. The monoisotopic (exact) mass is 513 g/mol. The molecule has 0 unspecified atom stereocenters. The first-order valence-corrected chi connectivity index (χ1v) is 13.2. The van der Waals surface area contributed by atoms with Crippen molar-refractivity contribution in [3.63, 3.8) is 0 Å². The van der Waals surface area contributed by atoms with Gasteiger partial charge in [0.15, 0.2) is 0 Å². The van der Waals surface area contributed by atoms with Gasteiger partial charge >= 0.3 is 0 Å². The fourth-order valence-corrected chi connectivity index (χ4v) is 6.53. The Morgan fingerprint density at radius 3 is 2.50 bits per heavy atom. The average Bonchev–Trinajstić information content (AvgIpc) is 2.94. The van der Waals surface area contributed by atoms with E-state index >= 15 is 0 Å². The summed E-state index contributed by atoms with van der Waals surface area (Å²) in [6.45, 7) is 10.4. The summed E-state index contributed by atoms with van der Waals surface area (Å²) in [4.78, 5) is 24.4. The van der Waals surface area contributed by atoms with Crippen LogP contribution in [0.15, 0.2) is 48.8 Å². The molecule has 2 fully saturated rings. The molecular formula is C30H35N5O3. The molecule has 198 valence electrons. The van der Waals surface area contributed by atoms with E-state index in [1.54, 1.807) is 18.5 Å². The van der Waals surface area contributed by atoms with Gasteiger partial charge in [0.1, 0.15) is 23.7 Å². The van der Waals surface area contributed by atoms with Crippen molar-refractivity contribution >= 4 is 22.6 Å². The van der Waals surface area contributed by atoms with E-state index < -0.39 is 0 Å². The molecule has 0 atom stereocenters. The van der Waals surface area contributed by atoms with Gasteiger partial charge in [-0.15, -0.1) is 0 Å². The van der Waals surface area contributed by atoms with Crippen LogP contribution in [0.2, 0.25) is 0 Å². The van der Waals surface area contributed by atoms with Crippen molar-refractivity contribution in [3.05, 3.63) is 59.9 Å². The van der Waals surface area contributed by atoms with Gasteiger partial charge in [0.2, 0.25) is 0 Å². The summed E-state index contributed by atoms with van der Waals surface area (Å²) in [5.74, 6) is 1.76. The summed E-state index contributed by atoms with van der Waals surface area (Å²) in [5, 5.41) is 22.9. The number of rotatable bonds is 6. The number of aliphatic hydroxyl groups is 1. The number of amides is 1. The number of piperidine rings is 1. The fourth-order valence-electron chi connectivity index (χ4n) is 6.53. The van der Waals surface area contributed by atoms with Gasteiger partial charge in [0.05, 0.1) is 16.6 Å². The summed E-state index contributed by atoms with van der Waals surface area (Å²) in [5.41, 5.74) is 0.984. The molecule has 1 aliphatic heterocycles. The second kappa shape index (κ2) is 9.88. The largest absolute Gasteiger partial charge is 0.488 e. The van der Waals surface area contributed by atoms with Crippen LogP contribution in [0.3, 0.4) is 0 Å². The molecule has 1 amide bonds. The molecule has 0 spiro atoms. The molecule has 2 aromatic heterocycles. The minimum atomic E-state index is -0.341. The van der Waals surface area contributed by atoms with Crippen LogP contribution >= 0.6 is 0 Å². The predicted molar refractivity (Wildman–Crippen MR) is 146 cm³/mol. The summed E-state index contributed by atoms with van der Waals surface area (Å²) < 4.78 is 6.58. The third-order valence-electron chi connectivity index (χ3n) is 8.42. The Morgan fingerprint density at radius 1 is 1.13 bits per heavy atom. The van der Waals surface area contributed by atoms with Crippen molar-refractivity contribution in [1.82, 2.24) is 15.3 Å². The van der Waals surface area contributed by atoms with Gasteiger partial charge in [-0.05, 0) is 55.2 Å². The van der Waals surface area contributed by atoms with Crippen LogP contribution in [0, 0.1) is 28.1 Å². The van der Waals surface area contributed by atoms with Gasteiger partial charge in [0.25, 0.3) is 5.91 Å². The number of fused-ring (bicyclic) bond motifs is 1. The fraction of sp³-hybridized carbons (Fsp3) is 0.467. The molecule has 5 rings (SSSR count). The normalized spacial score (nSPS) is 22.4. The second-order valence-electron chi connectivity index (χ2n) is 11.7. The van der Waals surface area contributed by atoms with Gasteiger partial charge in [0, 0.05) is 54.3 Å². The number of aliphatic hydroxyl groups excluding tert-OH is 1. The zero-order valence-electron chi connectivity index (χ0n) is 22.4. The SMILES string of the molecule is CC1(C)C(NC(=O)c2ccc(N3CCC(CO)CC3)nc2)C(C)(C)C1Oc1ccc(C#N)c2ncccc12. The number of hydrogen-bond donors (Lipinski definition) is 2. The Balaban J connectivity index is 1.28. The van der Waals surface area contributed by atoms with E-state index in [0.717, 1.165) is 37.1 Å². The Kier molecular flexibility index (Phi) is 6.74. The lowest BCUT2D eigenvalue weighted by molar-refractivity contribution is -0.163. The molecule has 0 radical (unpaired) electrons. The van der Waals surface area contributed by atoms with Crippen LogP contribution in [0.4, 0.5) is 5.82 Å². The third kappa shape index (κ3) is 4.45. The van der Waals surface area contributed by atoms with Crippen molar-refractivity contribution in [2.45, 2.75) is 52.7 Å². The lowest BCUT2D eigenvalue weighted by Crippen LogP contribution is -2.74. The van der Waals surface area contributed by atoms with E-state index in [9.17, 15) is 15.2 Å². The van der Waals surface area contributed by atoms with E-state index in [1.807, 2.05) is 30.3 Å². The van der Waals surface area contributed by atoms with Crippen LogP contribution in [0.25, 0.3) is 10.9 Å². The average molecular weight is 514 g/mol. The number of carbonyl (C=O) groups excluding carboxylic acids is 1. The number of nitrogens with one attached hydrogen (secondary N) is 1. The minimum Gasteiger partial charge on any atom is -0.488 e. The number of carbonyl (C=O) groups is 1. The molecule has 2 N–H and O–H groups in total. The van der Waals surface area contributed by atoms with E-state index in [4.69, 9.17) is 4.74 Å². The van der Waals surface area contributed by atoms with Gasteiger partial charge in [-0.25, -0.2) is 4.98 Å². The van der Waals surface area contributed by atoms with Crippen LogP contribution in [0.5, 0.6) is 5.75 Å². The van der Waals surface area contributed by atoms with Crippen molar-refractivity contribution in [1.29, 1.82) is 5.26 Å². The van der Waals surface area contributed by atoms with E-state index in [2.05, 4.69) is 53.9 Å². The van der Waals surface area contributed by atoms with Gasteiger partial charge in [-0.1, -0.05) is 27.7 Å². The molecule has 1 aromatic carbocycles. The van der Waals surface area contributed by atoms with E-state index in [0.29, 0.717) is 28.3 Å². The maximum Gasteiger partial charge on any atom is 0.253 e. The first kappa shape index (κ1) is 25.9. The minimum absolute atomic E-state index is 0.118. The number of pyridine rings is 2. The lowest BCUT2D eigenvalue weighted by atomic mass is 9.49. The molecule has 1 aliphatic carbocycles. The number of ether oxygens (including phenoxy) is 1. The van der Waals surface area contributed by atoms with Crippen molar-refractivity contribution in [2.24, 2.45) is 16.7 Å². The molecular weight excluding hydrogens is 478 g/mol. The maximum absolute atomic E-state index is 13.2. The maximum atomic E-state index is 13.2. The van der Waals surface area contributed by atoms with Crippen molar-refractivity contribution in [3.8, 4) is 11.8 Å². The van der Waals surface area contributed by atoms with Crippen molar-refractivity contribution in [2.75, 3.05) is 24.6 Å². The first-order chi connectivity index (χ1) is 18.2. The Morgan fingerprint density at radius 2 is 1.87 bits per heavy atom. The third-order valence-corrected chi connectivity index (χ3v) is 8.42. The van der Waals surface area contributed by atoms with Crippen molar-refractivity contribution < 1.29 is 14.6 Å². The van der Waals surface area contributed by atoms with Crippen LogP contribution in [-0.4, -0.2) is 52.8 Å².